The van der Waals surface area contributed by atoms with E-state index in [0.717, 1.165) is 89.1 Å². The first-order chi connectivity index (χ1) is 43.6. The molecule has 0 saturated heterocycles. The first kappa shape index (κ1) is 81.4. The zero-order chi connectivity index (χ0) is 72.5. The predicted molar refractivity (Wildman–Crippen MR) is 333 cm³/mol. The number of carbonyl (C=O) groups is 9. The molecule has 4 amide bonds. The lowest BCUT2D eigenvalue weighted by atomic mass is 9.99. The van der Waals surface area contributed by atoms with Crippen LogP contribution in [-0.4, -0.2) is 167 Å². The number of hydrogen-bond acceptors (Lipinski definition) is 15. The van der Waals surface area contributed by atoms with Gasteiger partial charge in [0, 0.05) is 41.0 Å². The standard InChI is InChI=1S/C68H92F8N4O15/c1-40(2)35-51(78(15)57(83)54(38-45-25-29-48(30-26-45)68(74,75)76)94-60(86)50(32-34-66(12,13)70)80(17)63(89)95-64(7,8)9)61(87)91-42(5)55(81)77(14)49(31-33-65(10,11)69)59(85)93-53(37-44-23-27-47(28-24-44)67(71,72)73)56(82)79(16)52(36-41(3)4)62(88)92-43(6)58(84)90-39-46-21-19-18-20-22-46/h18-30,40-43,49-54H,31-39H2,1-17H3/t42-,43-,49+,50+,51+,52+,53-,54-/m1/s1. The molecule has 530 valence electrons. The van der Waals surface area contributed by atoms with E-state index < -0.39 is 174 Å². The van der Waals surface area contributed by atoms with Crippen molar-refractivity contribution < 1.29 is 107 Å². The van der Waals surface area contributed by atoms with Crippen molar-refractivity contribution in [3.05, 3.63) is 107 Å². The van der Waals surface area contributed by atoms with Crippen molar-refractivity contribution in [2.75, 3.05) is 28.2 Å². The minimum atomic E-state index is -4.77. The van der Waals surface area contributed by atoms with Crippen LogP contribution < -0.4 is 0 Å². The van der Waals surface area contributed by atoms with E-state index in [-0.39, 0.29) is 49.3 Å². The number of halogens is 8. The predicted octanol–water partition coefficient (Wildman–Crippen LogP) is 11.8. The average molecular weight is 1360 g/mol. The Balaban J connectivity index is 2.07. The van der Waals surface area contributed by atoms with E-state index in [0.29, 0.717) is 5.56 Å². The lowest BCUT2D eigenvalue weighted by Gasteiger charge is -2.34. The number of benzene rings is 3. The van der Waals surface area contributed by atoms with Gasteiger partial charge >= 0.3 is 48.3 Å². The number of carbonyl (C=O) groups excluding carboxylic acids is 9. The van der Waals surface area contributed by atoms with Gasteiger partial charge in [0.15, 0.2) is 24.4 Å². The summed E-state index contributed by atoms with van der Waals surface area (Å²) in [7, 11) is 4.55. The van der Waals surface area contributed by atoms with Crippen LogP contribution >= 0.6 is 0 Å². The van der Waals surface area contributed by atoms with E-state index in [1.807, 2.05) is 0 Å². The zero-order valence-corrected chi connectivity index (χ0v) is 57.1. The van der Waals surface area contributed by atoms with Gasteiger partial charge in [-0.2, -0.15) is 26.3 Å². The van der Waals surface area contributed by atoms with Crippen molar-refractivity contribution in [1.82, 2.24) is 19.6 Å². The van der Waals surface area contributed by atoms with Crippen LogP contribution in [0.2, 0.25) is 0 Å². The van der Waals surface area contributed by atoms with E-state index in [1.54, 1.807) is 78.8 Å². The first-order valence-electron chi connectivity index (χ1n) is 31.1. The average Bonchev–Trinajstić information content (AvgIpc) is 0.856. The summed E-state index contributed by atoms with van der Waals surface area (Å²) in [6.07, 6.45) is -21.0. The summed E-state index contributed by atoms with van der Waals surface area (Å²) < 4.78 is 146. The molecular formula is C68H92F8N4O15. The summed E-state index contributed by atoms with van der Waals surface area (Å²) in [6, 6.07) is 9.10. The van der Waals surface area contributed by atoms with Gasteiger partial charge in [-0.15, -0.1) is 0 Å². The molecule has 0 aliphatic heterocycles. The molecule has 0 fully saturated rings. The molecule has 0 saturated carbocycles. The molecule has 0 aliphatic carbocycles. The van der Waals surface area contributed by atoms with E-state index in [1.165, 1.54) is 48.7 Å². The third-order valence-electron chi connectivity index (χ3n) is 15.1. The van der Waals surface area contributed by atoms with Crippen LogP contribution in [0.25, 0.3) is 0 Å². The Kier molecular flexibility index (Phi) is 29.7. The van der Waals surface area contributed by atoms with Gasteiger partial charge in [-0.25, -0.2) is 37.5 Å². The SMILES string of the molecule is CC(C)C[C@@H](C(=O)O[C@H](C)C(=O)N(C)[C@@H](CCC(C)(C)F)C(=O)O[C@H](Cc1ccc(C(F)(F)F)cc1)C(=O)N(C)[C@@H](CC(C)C)C(=O)O[C@H](C)C(=O)OCc1ccccc1)N(C)C(=O)[C@@H](Cc1ccc(C(F)(F)F)cc1)OC(=O)[C@H](CCC(C)(C)F)N(C)C(=O)OC(C)(C)C. The zero-order valence-electron chi connectivity index (χ0n) is 57.1. The molecule has 95 heavy (non-hydrogen) atoms. The Morgan fingerprint density at radius 3 is 1.11 bits per heavy atom. The molecule has 19 nitrogen and oxygen atoms in total. The second kappa shape index (κ2) is 34.7. The minimum Gasteiger partial charge on any atom is -0.458 e. The van der Waals surface area contributed by atoms with Gasteiger partial charge in [-0.05, 0) is 154 Å². The Labute approximate surface area is 550 Å². The van der Waals surface area contributed by atoms with Crippen molar-refractivity contribution in [3.63, 3.8) is 0 Å². The molecule has 0 N–H and O–H groups in total. The van der Waals surface area contributed by atoms with Crippen molar-refractivity contribution in [2.24, 2.45) is 11.8 Å². The molecule has 0 bridgehead atoms. The lowest BCUT2D eigenvalue weighted by Crippen LogP contribution is -2.54. The topological polar surface area (TPSA) is 222 Å². The monoisotopic (exact) mass is 1360 g/mol. The molecule has 0 spiro atoms. The molecular weight excluding hydrogens is 1260 g/mol. The van der Waals surface area contributed by atoms with Crippen LogP contribution in [0.5, 0.6) is 0 Å². The quantitative estimate of drug-likeness (QED) is 0.0322. The molecule has 0 aromatic heterocycles. The van der Waals surface area contributed by atoms with E-state index in [2.05, 4.69) is 0 Å². The highest BCUT2D eigenvalue weighted by Gasteiger charge is 2.43. The highest BCUT2D eigenvalue weighted by Crippen LogP contribution is 2.32. The van der Waals surface area contributed by atoms with Crippen molar-refractivity contribution >= 4 is 53.7 Å². The van der Waals surface area contributed by atoms with Crippen LogP contribution in [0, 0.1) is 11.8 Å². The van der Waals surface area contributed by atoms with Crippen LogP contribution in [-0.2, 0) is 98.6 Å². The third kappa shape index (κ3) is 27.0. The molecule has 8 atom stereocenters. The van der Waals surface area contributed by atoms with Crippen molar-refractivity contribution in [1.29, 1.82) is 0 Å². The van der Waals surface area contributed by atoms with Gasteiger partial charge in [0.1, 0.15) is 47.7 Å². The smallest absolute Gasteiger partial charge is 0.416 e. The number of alkyl halides is 8. The highest BCUT2D eigenvalue weighted by atomic mass is 19.4. The second-order valence-corrected chi connectivity index (χ2v) is 26.7. The normalized spacial score (nSPS) is 14.8. The maximum atomic E-state index is 15.4. The van der Waals surface area contributed by atoms with E-state index in [9.17, 15) is 69.5 Å². The number of hydrogen-bond donors (Lipinski definition) is 0. The van der Waals surface area contributed by atoms with Gasteiger partial charge in [0.2, 0.25) is 0 Å². The van der Waals surface area contributed by atoms with Gasteiger partial charge in [-0.1, -0.05) is 82.3 Å². The van der Waals surface area contributed by atoms with Gasteiger partial charge < -0.3 is 43.1 Å². The Bertz CT molecular complexity index is 3050. The largest absolute Gasteiger partial charge is 0.458 e. The summed E-state index contributed by atoms with van der Waals surface area (Å²) in [5.74, 6) is -9.96. The summed E-state index contributed by atoms with van der Waals surface area (Å²) in [5.41, 5.74) is -6.38. The molecule has 3 aromatic carbocycles. The number of nitrogens with zero attached hydrogens (tertiary/aromatic N) is 4. The van der Waals surface area contributed by atoms with Crippen LogP contribution in [0.4, 0.5) is 39.9 Å². The molecule has 27 heteroatoms. The maximum absolute atomic E-state index is 15.4. The molecule has 0 radical (unpaired) electrons. The summed E-state index contributed by atoms with van der Waals surface area (Å²) in [4.78, 5) is 131. The van der Waals surface area contributed by atoms with Gasteiger partial charge in [0.25, 0.3) is 17.7 Å². The molecule has 0 aliphatic rings. The van der Waals surface area contributed by atoms with Crippen molar-refractivity contribution in [2.45, 2.75) is 226 Å². The molecule has 0 heterocycles. The fourth-order valence-electron chi connectivity index (χ4n) is 9.61. The van der Waals surface area contributed by atoms with E-state index >= 15 is 8.78 Å². The van der Waals surface area contributed by atoms with Crippen LogP contribution in [0.1, 0.15) is 156 Å². The molecule has 3 rings (SSSR count). The number of ether oxygens (including phenoxy) is 6. The first-order valence-corrected chi connectivity index (χ1v) is 31.1. The van der Waals surface area contributed by atoms with Crippen LogP contribution in [0.3, 0.4) is 0 Å². The second-order valence-electron chi connectivity index (χ2n) is 26.7. The maximum Gasteiger partial charge on any atom is 0.416 e. The van der Waals surface area contributed by atoms with E-state index in [4.69, 9.17) is 28.4 Å². The highest BCUT2D eigenvalue weighted by molar-refractivity contribution is 5.93. The lowest BCUT2D eigenvalue weighted by molar-refractivity contribution is -0.175. The Morgan fingerprint density at radius 1 is 0.411 bits per heavy atom. The van der Waals surface area contributed by atoms with Crippen molar-refractivity contribution in [3.8, 4) is 0 Å². The van der Waals surface area contributed by atoms with Crippen LogP contribution in [0.15, 0.2) is 78.9 Å². The molecule has 0 unspecified atom stereocenters. The molecule has 3 aromatic rings. The number of likely N-dealkylation sites (N-methyl/N-ethyl adjacent to an activating group) is 4. The number of rotatable bonds is 32. The summed E-state index contributed by atoms with van der Waals surface area (Å²) >= 11 is 0. The minimum absolute atomic E-state index is 0.0258. The summed E-state index contributed by atoms with van der Waals surface area (Å²) in [5, 5.41) is 0. The Hall–Kier alpha value is -7.87. The van der Waals surface area contributed by atoms with Gasteiger partial charge in [-0.3, -0.25) is 19.3 Å². The third-order valence-corrected chi connectivity index (χ3v) is 15.1. The fourth-order valence-corrected chi connectivity index (χ4v) is 9.61. The number of amides is 4. The summed E-state index contributed by atoms with van der Waals surface area (Å²) in [6.45, 7) is 18.4. The number of esters is 5. The van der Waals surface area contributed by atoms with Gasteiger partial charge in [0.05, 0.1) is 11.1 Å². The fraction of sp³-hybridized carbons (Fsp3) is 0.603. The Morgan fingerprint density at radius 2 is 0.758 bits per heavy atom.